The van der Waals surface area contributed by atoms with Gasteiger partial charge in [-0.15, -0.1) is 0 Å². The van der Waals surface area contributed by atoms with E-state index in [0.717, 1.165) is 16.1 Å². The highest BCUT2D eigenvalue weighted by molar-refractivity contribution is 6.31. The van der Waals surface area contributed by atoms with Gasteiger partial charge in [-0.25, -0.2) is 4.98 Å². The van der Waals surface area contributed by atoms with Gasteiger partial charge < -0.3 is 11.1 Å². The molecule has 1 aromatic heterocycles. The summed E-state index contributed by atoms with van der Waals surface area (Å²) in [5, 5.41) is 4.03. The first-order chi connectivity index (χ1) is 8.59. The van der Waals surface area contributed by atoms with E-state index in [1.807, 2.05) is 44.2 Å². The Balaban J connectivity index is 2.24. The highest BCUT2D eigenvalue weighted by Gasteiger charge is 2.11. The number of rotatable bonds is 3. The molecular formula is C14H16ClN3. The van der Waals surface area contributed by atoms with Crippen molar-refractivity contribution in [3.8, 4) is 0 Å². The van der Waals surface area contributed by atoms with Crippen molar-refractivity contribution in [1.29, 1.82) is 0 Å². The monoisotopic (exact) mass is 261 g/mol. The second kappa shape index (κ2) is 5.27. The first kappa shape index (κ1) is 12.7. The fourth-order valence-electron chi connectivity index (χ4n) is 1.79. The number of nitrogens with one attached hydrogen (secondary N) is 1. The number of aromatic nitrogens is 1. The van der Waals surface area contributed by atoms with Gasteiger partial charge in [0.15, 0.2) is 0 Å². The van der Waals surface area contributed by atoms with Gasteiger partial charge in [0, 0.05) is 11.2 Å². The SMILES string of the molecule is Cc1ccnc(NC(C)c2ccccc2Cl)c1N. The highest BCUT2D eigenvalue weighted by atomic mass is 35.5. The molecule has 0 aliphatic carbocycles. The minimum Gasteiger partial charge on any atom is -0.396 e. The Morgan fingerprint density at radius 3 is 2.72 bits per heavy atom. The van der Waals surface area contributed by atoms with Gasteiger partial charge in [-0.3, -0.25) is 0 Å². The zero-order valence-electron chi connectivity index (χ0n) is 10.4. The van der Waals surface area contributed by atoms with Crippen LogP contribution in [-0.2, 0) is 0 Å². The van der Waals surface area contributed by atoms with Gasteiger partial charge in [-0.1, -0.05) is 29.8 Å². The average Bonchev–Trinajstić information content (AvgIpc) is 2.35. The maximum atomic E-state index is 6.16. The van der Waals surface area contributed by atoms with Crippen LogP contribution in [0, 0.1) is 6.92 Å². The van der Waals surface area contributed by atoms with Crippen LogP contribution < -0.4 is 11.1 Å². The van der Waals surface area contributed by atoms with Crippen molar-refractivity contribution in [2.24, 2.45) is 0 Å². The molecule has 0 spiro atoms. The summed E-state index contributed by atoms with van der Waals surface area (Å²) >= 11 is 6.16. The van der Waals surface area contributed by atoms with Crippen LogP contribution in [0.1, 0.15) is 24.1 Å². The third kappa shape index (κ3) is 2.57. The van der Waals surface area contributed by atoms with E-state index in [4.69, 9.17) is 17.3 Å². The van der Waals surface area contributed by atoms with E-state index in [0.29, 0.717) is 11.5 Å². The van der Waals surface area contributed by atoms with Gasteiger partial charge in [0.25, 0.3) is 0 Å². The summed E-state index contributed by atoms with van der Waals surface area (Å²) in [7, 11) is 0. The van der Waals surface area contributed by atoms with Crippen LogP contribution in [0.15, 0.2) is 36.5 Å². The summed E-state index contributed by atoms with van der Waals surface area (Å²) in [5.74, 6) is 0.697. The minimum absolute atomic E-state index is 0.0512. The first-order valence-corrected chi connectivity index (χ1v) is 6.19. The normalized spacial score (nSPS) is 12.2. The molecule has 0 saturated carbocycles. The van der Waals surface area contributed by atoms with Gasteiger partial charge in [0.1, 0.15) is 5.82 Å². The van der Waals surface area contributed by atoms with Gasteiger partial charge in [0.2, 0.25) is 0 Å². The largest absolute Gasteiger partial charge is 0.396 e. The highest BCUT2D eigenvalue weighted by Crippen LogP contribution is 2.27. The molecule has 0 fully saturated rings. The lowest BCUT2D eigenvalue weighted by Gasteiger charge is -2.18. The Kier molecular flexibility index (Phi) is 3.72. The predicted octanol–water partition coefficient (Wildman–Crippen LogP) is 3.80. The molecule has 2 aromatic rings. The Hall–Kier alpha value is -1.74. The summed E-state index contributed by atoms with van der Waals surface area (Å²) in [6, 6.07) is 9.69. The summed E-state index contributed by atoms with van der Waals surface area (Å²) in [5.41, 5.74) is 8.71. The zero-order chi connectivity index (χ0) is 13.1. The number of nitrogens with two attached hydrogens (primary N) is 1. The van der Waals surface area contributed by atoms with Crippen LogP contribution in [0.25, 0.3) is 0 Å². The Bertz CT molecular complexity index is 554. The lowest BCUT2D eigenvalue weighted by Crippen LogP contribution is -2.10. The van der Waals surface area contributed by atoms with Crippen molar-refractivity contribution < 1.29 is 0 Å². The van der Waals surface area contributed by atoms with Gasteiger partial charge >= 0.3 is 0 Å². The van der Waals surface area contributed by atoms with Crippen LogP contribution in [0.3, 0.4) is 0 Å². The first-order valence-electron chi connectivity index (χ1n) is 5.81. The summed E-state index contributed by atoms with van der Waals surface area (Å²) < 4.78 is 0. The van der Waals surface area contributed by atoms with Crippen molar-refractivity contribution in [2.75, 3.05) is 11.1 Å². The van der Waals surface area contributed by atoms with E-state index in [1.54, 1.807) is 6.20 Å². The van der Waals surface area contributed by atoms with Crippen LogP contribution in [0.4, 0.5) is 11.5 Å². The number of anilines is 2. The van der Waals surface area contributed by atoms with Crippen LogP contribution in [0.5, 0.6) is 0 Å². The Morgan fingerprint density at radius 1 is 1.28 bits per heavy atom. The Labute approximate surface area is 112 Å². The van der Waals surface area contributed by atoms with Crippen LogP contribution in [0.2, 0.25) is 5.02 Å². The number of nitrogen functional groups attached to an aromatic ring is 1. The molecule has 94 valence electrons. The molecule has 18 heavy (non-hydrogen) atoms. The molecule has 0 amide bonds. The molecule has 2 rings (SSSR count). The van der Waals surface area contributed by atoms with Crippen molar-refractivity contribution in [2.45, 2.75) is 19.9 Å². The molecule has 0 aliphatic rings. The lowest BCUT2D eigenvalue weighted by atomic mass is 10.1. The molecule has 0 aliphatic heterocycles. The second-order valence-electron chi connectivity index (χ2n) is 4.28. The molecule has 0 saturated heterocycles. The molecule has 1 atom stereocenters. The summed E-state index contributed by atoms with van der Waals surface area (Å²) in [6.07, 6.45) is 1.74. The Morgan fingerprint density at radius 2 is 2.00 bits per heavy atom. The number of nitrogens with zero attached hydrogens (tertiary/aromatic N) is 1. The molecular weight excluding hydrogens is 246 g/mol. The topological polar surface area (TPSA) is 50.9 Å². The smallest absolute Gasteiger partial charge is 0.149 e. The third-order valence-corrected chi connectivity index (χ3v) is 3.28. The van der Waals surface area contributed by atoms with E-state index in [-0.39, 0.29) is 6.04 Å². The maximum Gasteiger partial charge on any atom is 0.149 e. The van der Waals surface area contributed by atoms with E-state index >= 15 is 0 Å². The molecule has 3 N–H and O–H groups in total. The minimum atomic E-state index is 0.0512. The van der Waals surface area contributed by atoms with E-state index < -0.39 is 0 Å². The second-order valence-corrected chi connectivity index (χ2v) is 4.68. The number of pyridine rings is 1. The molecule has 0 radical (unpaired) electrons. The summed E-state index contributed by atoms with van der Waals surface area (Å²) in [4.78, 5) is 4.26. The maximum absolute atomic E-state index is 6.16. The van der Waals surface area contributed by atoms with Crippen molar-refractivity contribution >= 4 is 23.1 Å². The van der Waals surface area contributed by atoms with Gasteiger partial charge in [-0.2, -0.15) is 0 Å². The lowest BCUT2D eigenvalue weighted by molar-refractivity contribution is 0.875. The number of halogens is 1. The number of aryl methyl sites for hydroxylation is 1. The molecule has 3 nitrogen and oxygen atoms in total. The third-order valence-electron chi connectivity index (χ3n) is 2.93. The van der Waals surface area contributed by atoms with Crippen LogP contribution >= 0.6 is 11.6 Å². The zero-order valence-corrected chi connectivity index (χ0v) is 11.2. The fourth-order valence-corrected chi connectivity index (χ4v) is 2.09. The van der Waals surface area contributed by atoms with E-state index in [1.165, 1.54) is 0 Å². The number of hydrogen-bond donors (Lipinski definition) is 2. The average molecular weight is 262 g/mol. The molecule has 1 heterocycles. The van der Waals surface area contributed by atoms with Gasteiger partial charge in [0.05, 0.1) is 11.7 Å². The summed E-state index contributed by atoms with van der Waals surface area (Å²) in [6.45, 7) is 3.99. The van der Waals surface area contributed by atoms with Gasteiger partial charge in [-0.05, 0) is 37.1 Å². The standard InChI is InChI=1S/C14H16ClN3/c1-9-7-8-17-14(13(9)16)18-10(2)11-5-3-4-6-12(11)15/h3-8,10H,16H2,1-2H3,(H,17,18). The van der Waals surface area contributed by atoms with Crippen molar-refractivity contribution in [3.05, 3.63) is 52.7 Å². The quantitative estimate of drug-likeness (QED) is 0.884. The van der Waals surface area contributed by atoms with E-state index in [2.05, 4.69) is 10.3 Å². The molecule has 1 unspecified atom stereocenters. The molecule has 4 heteroatoms. The predicted molar refractivity (Wildman–Crippen MR) is 76.9 cm³/mol. The van der Waals surface area contributed by atoms with Crippen molar-refractivity contribution in [3.63, 3.8) is 0 Å². The number of benzene rings is 1. The molecule has 1 aromatic carbocycles. The van der Waals surface area contributed by atoms with Crippen LogP contribution in [-0.4, -0.2) is 4.98 Å². The number of hydrogen-bond acceptors (Lipinski definition) is 3. The van der Waals surface area contributed by atoms with E-state index in [9.17, 15) is 0 Å². The van der Waals surface area contributed by atoms with Crippen molar-refractivity contribution in [1.82, 2.24) is 4.98 Å². The molecule has 0 bridgehead atoms. The fraction of sp³-hybridized carbons (Fsp3) is 0.214.